The van der Waals surface area contributed by atoms with Crippen LogP contribution in [0.1, 0.15) is 39.3 Å². The van der Waals surface area contributed by atoms with E-state index < -0.39 is 0 Å². The summed E-state index contributed by atoms with van der Waals surface area (Å²) in [6.45, 7) is 8.51. The summed E-state index contributed by atoms with van der Waals surface area (Å²) >= 11 is 16.2. The molecule has 27 heavy (non-hydrogen) atoms. The van der Waals surface area contributed by atoms with Crippen LogP contribution in [0.2, 0.25) is 10.0 Å². The third-order valence-electron chi connectivity index (χ3n) is 4.46. The molecule has 2 aromatic heterocycles. The van der Waals surface area contributed by atoms with Crippen LogP contribution in [0.3, 0.4) is 0 Å². The van der Waals surface area contributed by atoms with Crippen molar-refractivity contribution < 1.29 is 0 Å². The van der Waals surface area contributed by atoms with Gasteiger partial charge in [0.1, 0.15) is 16.1 Å². The smallest absolute Gasteiger partial charge is 0.166 e. The lowest BCUT2D eigenvalue weighted by Gasteiger charge is -2.24. The molecule has 144 valence electrons. The summed E-state index contributed by atoms with van der Waals surface area (Å²) in [6.07, 6.45) is 4.82. The summed E-state index contributed by atoms with van der Waals surface area (Å²) in [7, 11) is 0. The predicted molar refractivity (Wildman–Crippen MR) is 118 cm³/mol. The largest absolute Gasteiger partial charge is 0.356 e. The van der Waals surface area contributed by atoms with E-state index in [1.54, 1.807) is 6.07 Å². The van der Waals surface area contributed by atoms with Gasteiger partial charge in [0.25, 0.3) is 0 Å². The Balaban J connectivity index is 2.30. The summed E-state index contributed by atoms with van der Waals surface area (Å²) < 4.78 is 3.03. The van der Waals surface area contributed by atoms with Gasteiger partial charge < -0.3 is 4.90 Å². The van der Waals surface area contributed by atoms with Crippen LogP contribution >= 0.6 is 39.1 Å². The van der Waals surface area contributed by atoms with Gasteiger partial charge in [-0.2, -0.15) is 0 Å². The molecule has 0 atom stereocenters. The van der Waals surface area contributed by atoms with Crippen molar-refractivity contribution in [3.8, 4) is 11.3 Å². The van der Waals surface area contributed by atoms with Crippen LogP contribution in [0, 0.1) is 0 Å². The minimum absolute atomic E-state index is 0.570. The van der Waals surface area contributed by atoms with E-state index in [-0.39, 0.29) is 0 Å². The van der Waals surface area contributed by atoms with E-state index in [1.165, 1.54) is 0 Å². The SMILES string of the molecule is CCCN(CCC)c1c(CC)nc2c(-c3ccc(Cl)cc3Cl)ncc(Br)n12. The predicted octanol–water partition coefficient (Wildman–Crippen LogP) is 6.65. The number of benzene rings is 1. The number of hydrogen-bond donors (Lipinski definition) is 0. The summed E-state index contributed by atoms with van der Waals surface area (Å²) in [5.41, 5.74) is 3.46. The van der Waals surface area contributed by atoms with E-state index >= 15 is 0 Å². The second kappa shape index (κ2) is 8.80. The fraction of sp³-hybridized carbons (Fsp3) is 0.400. The Hall–Kier alpha value is -1.30. The van der Waals surface area contributed by atoms with E-state index in [0.717, 1.165) is 65.4 Å². The highest BCUT2D eigenvalue weighted by atomic mass is 79.9. The Morgan fingerprint density at radius 1 is 1.11 bits per heavy atom. The van der Waals surface area contributed by atoms with Crippen molar-refractivity contribution in [2.24, 2.45) is 0 Å². The Bertz CT molecular complexity index is 949. The van der Waals surface area contributed by atoms with Gasteiger partial charge in [-0.3, -0.25) is 4.40 Å². The van der Waals surface area contributed by atoms with E-state index in [4.69, 9.17) is 28.2 Å². The number of nitrogens with zero attached hydrogens (tertiary/aromatic N) is 4. The molecule has 0 aliphatic carbocycles. The molecule has 0 bridgehead atoms. The van der Waals surface area contributed by atoms with Gasteiger partial charge in [0.15, 0.2) is 5.65 Å². The highest BCUT2D eigenvalue weighted by Gasteiger charge is 2.22. The number of anilines is 1. The van der Waals surface area contributed by atoms with Crippen LogP contribution in [0.5, 0.6) is 0 Å². The van der Waals surface area contributed by atoms with Crippen LogP contribution in [0.4, 0.5) is 5.82 Å². The molecule has 3 aromatic rings. The fourth-order valence-electron chi connectivity index (χ4n) is 3.35. The Kier molecular flexibility index (Phi) is 6.66. The monoisotopic (exact) mass is 468 g/mol. The maximum Gasteiger partial charge on any atom is 0.166 e. The van der Waals surface area contributed by atoms with Crippen LogP contribution in [-0.2, 0) is 6.42 Å². The number of aryl methyl sites for hydroxylation is 1. The molecule has 3 rings (SSSR count). The molecule has 1 aromatic carbocycles. The molecule has 7 heteroatoms. The maximum atomic E-state index is 6.46. The highest BCUT2D eigenvalue weighted by molar-refractivity contribution is 9.10. The van der Waals surface area contributed by atoms with Crippen LogP contribution in [-0.4, -0.2) is 27.5 Å². The van der Waals surface area contributed by atoms with Gasteiger partial charge in [0.2, 0.25) is 0 Å². The number of imidazole rings is 1. The van der Waals surface area contributed by atoms with Gasteiger partial charge in [-0.05, 0) is 53.4 Å². The van der Waals surface area contributed by atoms with Crippen molar-refractivity contribution in [1.29, 1.82) is 0 Å². The molecule has 2 heterocycles. The van der Waals surface area contributed by atoms with Gasteiger partial charge in [-0.15, -0.1) is 0 Å². The number of fused-ring (bicyclic) bond motifs is 1. The minimum Gasteiger partial charge on any atom is -0.356 e. The van der Waals surface area contributed by atoms with Crippen LogP contribution in [0.15, 0.2) is 29.0 Å². The van der Waals surface area contributed by atoms with Gasteiger partial charge in [-0.25, -0.2) is 9.97 Å². The zero-order valence-corrected chi connectivity index (χ0v) is 18.9. The Morgan fingerprint density at radius 3 is 2.41 bits per heavy atom. The topological polar surface area (TPSA) is 33.4 Å². The van der Waals surface area contributed by atoms with Gasteiger partial charge in [0, 0.05) is 23.7 Å². The van der Waals surface area contributed by atoms with E-state index in [1.807, 2.05) is 18.3 Å². The van der Waals surface area contributed by atoms with E-state index in [9.17, 15) is 0 Å². The first-order chi connectivity index (χ1) is 13.0. The van der Waals surface area contributed by atoms with Crippen LogP contribution < -0.4 is 4.90 Å². The normalized spacial score (nSPS) is 11.3. The molecular weight excluding hydrogens is 447 g/mol. The molecule has 0 amide bonds. The number of halogens is 3. The summed E-state index contributed by atoms with van der Waals surface area (Å²) in [6, 6.07) is 5.47. The van der Waals surface area contributed by atoms with Gasteiger partial charge in [-0.1, -0.05) is 44.0 Å². The Morgan fingerprint density at radius 2 is 1.81 bits per heavy atom. The minimum atomic E-state index is 0.570. The first-order valence-corrected chi connectivity index (χ1v) is 10.8. The number of aromatic nitrogens is 3. The number of hydrogen-bond acceptors (Lipinski definition) is 3. The van der Waals surface area contributed by atoms with Crippen molar-refractivity contribution >= 4 is 50.6 Å². The van der Waals surface area contributed by atoms with Crippen molar-refractivity contribution in [2.45, 2.75) is 40.0 Å². The van der Waals surface area contributed by atoms with Gasteiger partial charge in [0.05, 0.1) is 16.9 Å². The summed E-state index contributed by atoms with van der Waals surface area (Å²) in [5.74, 6) is 1.14. The maximum absolute atomic E-state index is 6.46. The Labute approximate surface area is 178 Å². The van der Waals surface area contributed by atoms with Crippen molar-refractivity contribution in [1.82, 2.24) is 14.4 Å². The van der Waals surface area contributed by atoms with Crippen LogP contribution in [0.25, 0.3) is 16.9 Å². The lowest BCUT2D eigenvalue weighted by molar-refractivity contribution is 0.724. The average molecular weight is 470 g/mol. The lowest BCUT2D eigenvalue weighted by Crippen LogP contribution is -2.27. The quantitative estimate of drug-likeness (QED) is 0.388. The molecule has 0 aliphatic heterocycles. The molecule has 0 saturated heterocycles. The third-order valence-corrected chi connectivity index (χ3v) is 5.56. The molecule has 0 saturated carbocycles. The first kappa shape index (κ1) is 20.4. The third kappa shape index (κ3) is 3.96. The standard InChI is InChI=1S/C20H23BrCl2N4/c1-4-9-26(10-5-2)20-16(6-3)25-19-18(24-12-17(21)27(19)20)14-8-7-13(22)11-15(14)23/h7-8,11-12H,4-6,9-10H2,1-3H3. The fourth-order valence-corrected chi connectivity index (χ4v) is 4.28. The summed E-state index contributed by atoms with van der Waals surface area (Å²) in [4.78, 5) is 12.0. The molecule has 0 spiro atoms. The molecule has 0 radical (unpaired) electrons. The molecule has 4 nitrogen and oxygen atoms in total. The summed E-state index contributed by atoms with van der Waals surface area (Å²) in [5, 5.41) is 1.17. The number of rotatable bonds is 7. The zero-order valence-electron chi connectivity index (χ0n) is 15.8. The molecular formula is C20H23BrCl2N4. The average Bonchev–Trinajstić information content (AvgIpc) is 3.03. The highest BCUT2D eigenvalue weighted by Crippen LogP contribution is 2.35. The van der Waals surface area contributed by atoms with E-state index in [0.29, 0.717) is 10.0 Å². The van der Waals surface area contributed by atoms with Crippen molar-refractivity contribution in [3.05, 3.63) is 44.7 Å². The molecule has 0 N–H and O–H groups in total. The van der Waals surface area contributed by atoms with E-state index in [2.05, 4.69) is 51.0 Å². The lowest BCUT2D eigenvalue weighted by atomic mass is 10.1. The zero-order chi connectivity index (χ0) is 19.6. The van der Waals surface area contributed by atoms with Crippen molar-refractivity contribution in [3.63, 3.8) is 0 Å². The molecule has 0 aliphatic rings. The second-order valence-electron chi connectivity index (χ2n) is 6.44. The second-order valence-corrected chi connectivity index (χ2v) is 8.09. The molecule has 0 fully saturated rings. The first-order valence-electron chi connectivity index (χ1n) is 9.27. The van der Waals surface area contributed by atoms with Gasteiger partial charge >= 0.3 is 0 Å². The van der Waals surface area contributed by atoms with Crippen molar-refractivity contribution in [2.75, 3.05) is 18.0 Å². The molecule has 0 unspecified atom stereocenters.